The van der Waals surface area contributed by atoms with E-state index in [1.54, 1.807) is 7.11 Å². The van der Waals surface area contributed by atoms with Gasteiger partial charge in [-0.05, 0) is 15.9 Å². The fraction of sp³-hybridized carbons (Fsp3) is 0.100. The molecule has 0 N–H and O–H groups in total. The van der Waals surface area contributed by atoms with E-state index in [0.29, 0.717) is 15.5 Å². The molecule has 0 unspecified atom stereocenters. The molecule has 1 heterocycles. The Morgan fingerprint density at radius 3 is 2.57 bits per heavy atom. The van der Waals surface area contributed by atoms with Crippen molar-refractivity contribution < 1.29 is 4.74 Å². The zero-order valence-corrected chi connectivity index (χ0v) is 9.76. The number of nitrogens with zero attached hydrogens (tertiary/aromatic N) is 1. The van der Waals surface area contributed by atoms with Crippen LogP contribution in [0.4, 0.5) is 0 Å². The number of fused-ring (bicyclic) bond motifs is 1. The standard InChI is InChI=1S/C10H7BrClNO/c1-14-8-6-4-2-3-5-7(6)10(12)13-9(8)11/h2-5H,1H3. The van der Waals surface area contributed by atoms with Gasteiger partial charge >= 0.3 is 0 Å². The molecule has 0 spiro atoms. The quantitative estimate of drug-likeness (QED) is 0.739. The average molecular weight is 273 g/mol. The third-order valence-corrected chi connectivity index (χ3v) is 2.81. The van der Waals surface area contributed by atoms with Gasteiger partial charge in [-0.1, -0.05) is 35.9 Å². The highest BCUT2D eigenvalue weighted by Gasteiger charge is 2.10. The van der Waals surface area contributed by atoms with Crippen LogP contribution in [-0.2, 0) is 0 Å². The zero-order valence-electron chi connectivity index (χ0n) is 7.42. The van der Waals surface area contributed by atoms with Crippen molar-refractivity contribution in [1.29, 1.82) is 0 Å². The summed E-state index contributed by atoms with van der Waals surface area (Å²) in [6, 6.07) is 7.73. The molecule has 0 radical (unpaired) electrons. The molecule has 1 aromatic carbocycles. The number of pyridine rings is 1. The number of hydrogen-bond donors (Lipinski definition) is 0. The van der Waals surface area contributed by atoms with Gasteiger partial charge in [0.15, 0.2) is 5.75 Å². The molecule has 2 rings (SSSR count). The summed E-state index contributed by atoms with van der Waals surface area (Å²) < 4.78 is 5.87. The summed E-state index contributed by atoms with van der Waals surface area (Å²) in [5.74, 6) is 0.713. The van der Waals surface area contributed by atoms with Gasteiger partial charge in [0, 0.05) is 10.8 Å². The van der Waals surface area contributed by atoms with Gasteiger partial charge < -0.3 is 4.74 Å². The van der Waals surface area contributed by atoms with Gasteiger partial charge in [-0.15, -0.1) is 0 Å². The van der Waals surface area contributed by atoms with Crippen molar-refractivity contribution in [2.24, 2.45) is 0 Å². The molecule has 0 aliphatic carbocycles. The average Bonchev–Trinajstić information content (AvgIpc) is 2.18. The SMILES string of the molecule is COc1c(Br)nc(Cl)c2ccccc12. The number of aromatic nitrogens is 1. The van der Waals surface area contributed by atoms with Crippen molar-refractivity contribution in [2.45, 2.75) is 0 Å². The van der Waals surface area contributed by atoms with Crippen LogP contribution in [0.15, 0.2) is 28.9 Å². The highest BCUT2D eigenvalue weighted by molar-refractivity contribution is 9.10. The van der Waals surface area contributed by atoms with Gasteiger partial charge in [-0.25, -0.2) is 4.98 Å². The lowest BCUT2D eigenvalue weighted by atomic mass is 10.2. The molecule has 4 heteroatoms. The van der Waals surface area contributed by atoms with Gasteiger partial charge in [0.2, 0.25) is 0 Å². The van der Waals surface area contributed by atoms with E-state index in [-0.39, 0.29) is 0 Å². The summed E-state index contributed by atoms with van der Waals surface area (Å²) in [6.45, 7) is 0. The number of benzene rings is 1. The molecule has 0 bridgehead atoms. The van der Waals surface area contributed by atoms with Crippen LogP contribution in [0.1, 0.15) is 0 Å². The smallest absolute Gasteiger partial charge is 0.159 e. The molecule has 1 aromatic heterocycles. The fourth-order valence-corrected chi connectivity index (χ4v) is 2.27. The second-order valence-corrected chi connectivity index (χ2v) is 3.88. The molecule has 0 fully saturated rings. The first kappa shape index (κ1) is 9.74. The lowest BCUT2D eigenvalue weighted by molar-refractivity contribution is 0.415. The molecular weight excluding hydrogens is 265 g/mol. The van der Waals surface area contributed by atoms with Crippen LogP contribution < -0.4 is 4.74 Å². The summed E-state index contributed by atoms with van der Waals surface area (Å²) in [7, 11) is 1.61. The van der Waals surface area contributed by atoms with Crippen molar-refractivity contribution >= 4 is 38.3 Å². The Hall–Kier alpha value is -0.800. The van der Waals surface area contributed by atoms with Gasteiger partial charge in [-0.2, -0.15) is 0 Å². The second-order valence-electron chi connectivity index (χ2n) is 2.77. The van der Waals surface area contributed by atoms with E-state index in [9.17, 15) is 0 Å². The van der Waals surface area contributed by atoms with E-state index in [1.165, 1.54) is 0 Å². The molecule has 2 nitrogen and oxygen atoms in total. The van der Waals surface area contributed by atoms with Crippen molar-refractivity contribution in [3.05, 3.63) is 34.0 Å². The molecule has 0 saturated heterocycles. The predicted molar refractivity (Wildman–Crippen MR) is 61.0 cm³/mol. The highest BCUT2D eigenvalue weighted by atomic mass is 79.9. The topological polar surface area (TPSA) is 22.1 Å². The van der Waals surface area contributed by atoms with Crippen molar-refractivity contribution in [3.63, 3.8) is 0 Å². The van der Waals surface area contributed by atoms with Crippen LogP contribution in [0.2, 0.25) is 5.15 Å². The maximum atomic E-state index is 5.99. The van der Waals surface area contributed by atoms with Crippen LogP contribution in [0, 0.1) is 0 Å². The molecule has 0 aliphatic rings. The first-order chi connectivity index (χ1) is 6.74. The van der Waals surface area contributed by atoms with Gasteiger partial charge in [0.1, 0.15) is 9.76 Å². The van der Waals surface area contributed by atoms with Crippen molar-refractivity contribution in [2.75, 3.05) is 7.11 Å². The van der Waals surface area contributed by atoms with Gasteiger partial charge in [0.25, 0.3) is 0 Å². The van der Waals surface area contributed by atoms with E-state index < -0.39 is 0 Å². The van der Waals surface area contributed by atoms with Gasteiger partial charge in [-0.3, -0.25) is 0 Å². The number of methoxy groups -OCH3 is 1. The highest BCUT2D eigenvalue weighted by Crippen LogP contribution is 2.35. The Bertz CT molecular complexity index is 487. The first-order valence-corrected chi connectivity index (χ1v) is 5.19. The summed E-state index contributed by atoms with van der Waals surface area (Å²) in [5, 5.41) is 2.34. The Morgan fingerprint density at radius 1 is 1.29 bits per heavy atom. The Balaban J connectivity index is 2.90. The van der Waals surface area contributed by atoms with Crippen LogP contribution in [0.5, 0.6) is 5.75 Å². The largest absolute Gasteiger partial charge is 0.493 e. The molecule has 0 saturated carbocycles. The van der Waals surface area contributed by atoms with E-state index >= 15 is 0 Å². The van der Waals surface area contributed by atoms with E-state index in [1.807, 2.05) is 24.3 Å². The third kappa shape index (κ3) is 1.47. The summed E-state index contributed by atoms with van der Waals surface area (Å²) >= 11 is 9.30. The number of hydrogen-bond acceptors (Lipinski definition) is 2. The molecular formula is C10H7BrClNO. The summed E-state index contributed by atoms with van der Waals surface area (Å²) in [4.78, 5) is 4.13. The summed E-state index contributed by atoms with van der Waals surface area (Å²) in [5.41, 5.74) is 0. The maximum Gasteiger partial charge on any atom is 0.159 e. The molecule has 0 amide bonds. The second kappa shape index (κ2) is 3.75. The van der Waals surface area contributed by atoms with Crippen LogP contribution in [0.25, 0.3) is 10.8 Å². The third-order valence-electron chi connectivity index (χ3n) is 1.98. The molecule has 0 atom stereocenters. The minimum atomic E-state index is 0.480. The molecule has 2 aromatic rings. The summed E-state index contributed by atoms with van der Waals surface area (Å²) in [6.07, 6.45) is 0. The Morgan fingerprint density at radius 2 is 1.93 bits per heavy atom. The molecule has 0 aliphatic heterocycles. The zero-order chi connectivity index (χ0) is 10.1. The number of ether oxygens (including phenoxy) is 1. The van der Waals surface area contributed by atoms with Crippen molar-refractivity contribution in [3.8, 4) is 5.75 Å². The normalized spacial score (nSPS) is 10.5. The van der Waals surface area contributed by atoms with E-state index in [4.69, 9.17) is 16.3 Å². The van der Waals surface area contributed by atoms with Gasteiger partial charge in [0.05, 0.1) is 7.11 Å². The fourth-order valence-electron chi connectivity index (χ4n) is 1.36. The Kier molecular flexibility index (Phi) is 2.61. The van der Waals surface area contributed by atoms with E-state index in [2.05, 4.69) is 20.9 Å². The van der Waals surface area contributed by atoms with E-state index in [0.717, 1.165) is 10.8 Å². The van der Waals surface area contributed by atoms with Crippen LogP contribution >= 0.6 is 27.5 Å². The maximum absolute atomic E-state index is 5.99. The lowest BCUT2D eigenvalue weighted by Gasteiger charge is -2.07. The van der Waals surface area contributed by atoms with Crippen molar-refractivity contribution in [1.82, 2.24) is 4.98 Å². The lowest BCUT2D eigenvalue weighted by Crippen LogP contribution is -1.90. The number of halogens is 2. The predicted octanol–water partition coefficient (Wildman–Crippen LogP) is 3.66. The minimum absolute atomic E-state index is 0.480. The minimum Gasteiger partial charge on any atom is -0.493 e. The monoisotopic (exact) mass is 271 g/mol. The first-order valence-electron chi connectivity index (χ1n) is 4.01. The van der Waals surface area contributed by atoms with Crippen LogP contribution in [0.3, 0.4) is 0 Å². The Labute approximate surface area is 95.0 Å². The van der Waals surface area contributed by atoms with Crippen LogP contribution in [-0.4, -0.2) is 12.1 Å². The number of rotatable bonds is 1. The molecule has 14 heavy (non-hydrogen) atoms. The molecule has 72 valence electrons.